The van der Waals surface area contributed by atoms with Crippen LogP contribution in [0.1, 0.15) is 36.9 Å². The summed E-state index contributed by atoms with van der Waals surface area (Å²) in [6.07, 6.45) is 1.96. The molecule has 2 atom stereocenters. The molecule has 1 aliphatic heterocycles. The van der Waals surface area contributed by atoms with E-state index in [1.54, 1.807) is 7.11 Å². The minimum absolute atomic E-state index is 0.0157. The summed E-state index contributed by atoms with van der Waals surface area (Å²) >= 11 is 6.29. The lowest BCUT2D eigenvalue weighted by Crippen LogP contribution is -2.43. The van der Waals surface area contributed by atoms with E-state index in [4.69, 9.17) is 16.3 Å². The molecule has 27 heavy (non-hydrogen) atoms. The highest BCUT2D eigenvalue weighted by molar-refractivity contribution is 6.31. The van der Waals surface area contributed by atoms with Crippen LogP contribution in [0, 0.1) is 5.92 Å². The number of benzene rings is 2. The number of amides is 1. The molecular weight excluding hydrogens is 360 g/mol. The van der Waals surface area contributed by atoms with Crippen LogP contribution < -0.4 is 10.1 Å². The third-order valence-corrected chi connectivity index (χ3v) is 5.57. The van der Waals surface area contributed by atoms with E-state index in [-0.39, 0.29) is 17.9 Å². The van der Waals surface area contributed by atoms with Gasteiger partial charge in [0.15, 0.2) is 0 Å². The summed E-state index contributed by atoms with van der Waals surface area (Å²) in [5.74, 6) is 0.962. The molecule has 2 aromatic rings. The summed E-state index contributed by atoms with van der Waals surface area (Å²) in [7, 11) is 1.65. The number of methoxy groups -OCH3 is 1. The Labute approximate surface area is 166 Å². The first-order valence-electron chi connectivity index (χ1n) is 9.47. The van der Waals surface area contributed by atoms with Gasteiger partial charge >= 0.3 is 0 Å². The van der Waals surface area contributed by atoms with E-state index < -0.39 is 0 Å². The molecule has 1 fully saturated rings. The quantitative estimate of drug-likeness (QED) is 0.798. The minimum atomic E-state index is -0.0256. The van der Waals surface area contributed by atoms with Crippen LogP contribution >= 0.6 is 11.6 Å². The normalized spacial score (nSPS) is 18.7. The van der Waals surface area contributed by atoms with Gasteiger partial charge in [-0.25, -0.2) is 0 Å². The first-order chi connectivity index (χ1) is 13.1. The Kier molecular flexibility index (Phi) is 6.75. The molecule has 2 aromatic carbocycles. The highest BCUT2D eigenvalue weighted by Crippen LogP contribution is 2.23. The maximum atomic E-state index is 12.8. The number of nitrogens with one attached hydrogen (secondary N) is 1. The summed E-state index contributed by atoms with van der Waals surface area (Å²) in [5.41, 5.74) is 2.19. The number of hydrogen-bond acceptors (Lipinski definition) is 3. The molecule has 3 rings (SSSR count). The lowest BCUT2D eigenvalue weighted by atomic mass is 9.96. The second kappa shape index (κ2) is 9.25. The molecule has 1 N–H and O–H groups in total. The van der Waals surface area contributed by atoms with Gasteiger partial charge in [-0.15, -0.1) is 0 Å². The zero-order valence-electron chi connectivity index (χ0n) is 16.0. The summed E-state index contributed by atoms with van der Waals surface area (Å²) in [6, 6.07) is 15.7. The van der Waals surface area contributed by atoms with Crippen molar-refractivity contribution in [3.05, 3.63) is 64.7 Å². The predicted octanol–water partition coefficient (Wildman–Crippen LogP) is 4.44. The number of hydrogen-bond donors (Lipinski definition) is 1. The molecule has 1 heterocycles. The summed E-state index contributed by atoms with van der Waals surface area (Å²) in [4.78, 5) is 15.1. The fourth-order valence-electron chi connectivity index (χ4n) is 3.59. The molecule has 0 aromatic heterocycles. The molecule has 1 aliphatic rings. The minimum Gasteiger partial charge on any atom is -0.497 e. The Hall–Kier alpha value is -2.04. The van der Waals surface area contributed by atoms with Gasteiger partial charge in [-0.05, 0) is 55.6 Å². The fourth-order valence-corrected chi connectivity index (χ4v) is 3.78. The topological polar surface area (TPSA) is 41.6 Å². The zero-order valence-corrected chi connectivity index (χ0v) is 16.7. The highest BCUT2D eigenvalue weighted by atomic mass is 35.5. The van der Waals surface area contributed by atoms with Crippen molar-refractivity contribution in [2.75, 3.05) is 20.2 Å². The van der Waals surface area contributed by atoms with Crippen molar-refractivity contribution in [3.63, 3.8) is 0 Å². The van der Waals surface area contributed by atoms with E-state index in [9.17, 15) is 4.79 Å². The lowest BCUT2D eigenvalue weighted by Gasteiger charge is -2.32. The van der Waals surface area contributed by atoms with Gasteiger partial charge in [0.25, 0.3) is 0 Å². The van der Waals surface area contributed by atoms with Gasteiger partial charge in [0, 0.05) is 18.1 Å². The Morgan fingerprint density at radius 3 is 2.70 bits per heavy atom. The van der Waals surface area contributed by atoms with Crippen molar-refractivity contribution in [1.82, 2.24) is 10.2 Å². The molecule has 0 bridgehead atoms. The molecule has 144 valence electrons. The first-order valence-corrected chi connectivity index (χ1v) is 9.84. The summed E-state index contributed by atoms with van der Waals surface area (Å²) in [5, 5.41) is 3.96. The molecule has 0 aliphatic carbocycles. The molecule has 5 heteroatoms. The molecule has 0 spiro atoms. The second-order valence-electron chi connectivity index (χ2n) is 7.17. The van der Waals surface area contributed by atoms with Crippen LogP contribution in [0.5, 0.6) is 5.75 Å². The third kappa shape index (κ3) is 5.24. The molecule has 1 amide bonds. The molecule has 0 unspecified atom stereocenters. The van der Waals surface area contributed by atoms with E-state index in [0.717, 1.165) is 54.4 Å². The maximum Gasteiger partial charge on any atom is 0.224 e. The third-order valence-electron chi connectivity index (χ3n) is 5.20. The standard InChI is InChI=1S/C22H27ClN2O2/c1-16(17-9-11-20(27-2)12-10-17)24-22(26)19-7-5-13-25(15-19)14-18-6-3-4-8-21(18)23/h3-4,6,8-12,16,19H,5,7,13-15H2,1-2H3,(H,24,26)/t16-,19+/m0/s1. The summed E-state index contributed by atoms with van der Waals surface area (Å²) in [6.45, 7) is 4.58. The molecule has 0 radical (unpaired) electrons. The number of piperidine rings is 1. The molecule has 1 saturated heterocycles. The van der Waals surface area contributed by atoms with E-state index in [1.807, 2.05) is 49.4 Å². The molecular formula is C22H27ClN2O2. The van der Waals surface area contributed by atoms with E-state index >= 15 is 0 Å². The number of carbonyl (C=O) groups excluding carboxylic acids is 1. The van der Waals surface area contributed by atoms with E-state index in [1.165, 1.54) is 0 Å². The predicted molar refractivity (Wildman–Crippen MR) is 109 cm³/mol. The zero-order chi connectivity index (χ0) is 19.2. The first kappa shape index (κ1) is 19.7. The summed E-state index contributed by atoms with van der Waals surface area (Å²) < 4.78 is 5.19. The van der Waals surface area contributed by atoms with Crippen molar-refractivity contribution in [3.8, 4) is 5.75 Å². The SMILES string of the molecule is COc1ccc([C@H](C)NC(=O)[C@@H]2CCCN(Cc3ccccc3Cl)C2)cc1. The number of rotatable bonds is 6. The Morgan fingerprint density at radius 1 is 1.26 bits per heavy atom. The van der Waals surface area contributed by atoms with Crippen molar-refractivity contribution in [2.45, 2.75) is 32.4 Å². The van der Waals surface area contributed by atoms with Crippen LogP contribution in [-0.2, 0) is 11.3 Å². The van der Waals surface area contributed by atoms with Crippen molar-refractivity contribution < 1.29 is 9.53 Å². The van der Waals surface area contributed by atoms with E-state index in [0.29, 0.717) is 0 Å². The number of ether oxygens (including phenoxy) is 1. The molecule has 0 saturated carbocycles. The Morgan fingerprint density at radius 2 is 2.00 bits per heavy atom. The van der Waals surface area contributed by atoms with Crippen LogP contribution in [0.15, 0.2) is 48.5 Å². The van der Waals surface area contributed by atoms with Gasteiger partial charge in [-0.1, -0.05) is 41.9 Å². The number of carbonyl (C=O) groups is 1. The van der Waals surface area contributed by atoms with Gasteiger partial charge in [-0.3, -0.25) is 9.69 Å². The number of nitrogens with zero attached hydrogens (tertiary/aromatic N) is 1. The Bertz CT molecular complexity index is 763. The highest BCUT2D eigenvalue weighted by Gasteiger charge is 2.27. The van der Waals surface area contributed by atoms with Gasteiger partial charge in [0.1, 0.15) is 5.75 Å². The molecule has 4 nitrogen and oxygen atoms in total. The van der Waals surface area contributed by atoms with Crippen molar-refractivity contribution >= 4 is 17.5 Å². The lowest BCUT2D eigenvalue weighted by molar-refractivity contribution is -0.127. The Balaban J connectivity index is 1.56. The van der Waals surface area contributed by atoms with Crippen LogP contribution in [0.4, 0.5) is 0 Å². The number of likely N-dealkylation sites (tertiary alicyclic amines) is 1. The monoisotopic (exact) mass is 386 g/mol. The fraction of sp³-hybridized carbons (Fsp3) is 0.409. The largest absolute Gasteiger partial charge is 0.497 e. The van der Waals surface area contributed by atoms with Crippen LogP contribution in [0.3, 0.4) is 0 Å². The van der Waals surface area contributed by atoms with Gasteiger partial charge in [0.2, 0.25) is 5.91 Å². The van der Waals surface area contributed by atoms with Crippen molar-refractivity contribution in [2.24, 2.45) is 5.92 Å². The van der Waals surface area contributed by atoms with E-state index in [2.05, 4.69) is 16.3 Å². The maximum absolute atomic E-state index is 12.8. The van der Waals surface area contributed by atoms with Gasteiger partial charge in [0.05, 0.1) is 19.1 Å². The second-order valence-corrected chi connectivity index (χ2v) is 7.58. The van der Waals surface area contributed by atoms with Crippen LogP contribution in [0.2, 0.25) is 5.02 Å². The average Bonchev–Trinajstić information content (AvgIpc) is 2.70. The van der Waals surface area contributed by atoms with Crippen LogP contribution in [-0.4, -0.2) is 31.0 Å². The average molecular weight is 387 g/mol. The smallest absolute Gasteiger partial charge is 0.224 e. The van der Waals surface area contributed by atoms with Gasteiger partial charge in [-0.2, -0.15) is 0 Å². The van der Waals surface area contributed by atoms with Crippen molar-refractivity contribution in [1.29, 1.82) is 0 Å². The van der Waals surface area contributed by atoms with Gasteiger partial charge < -0.3 is 10.1 Å². The van der Waals surface area contributed by atoms with Crippen LogP contribution in [0.25, 0.3) is 0 Å². The number of halogens is 1.